The summed E-state index contributed by atoms with van der Waals surface area (Å²) in [5.41, 5.74) is 6.52. The summed E-state index contributed by atoms with van der Waals surface area (Å²) in [5, 5.41) is 0. The molecule has 0 bridgehead atoms. The first-order chi connectivity index (χ1) is 7.76. The van der Waals surface area contributed by atoms with Crippen LogP contribution in [0, 0.1) is 5.95 Å². The summed E-state index contributed by atoms with van der Waals surface area (Å²) < 4.78 is 12.8. The average molecular weight is 225 g/mol. The summed E-state index contributed by atoms with van der Waals surface area (Å²) in [6.45, 7) is 5.78. The Kier molecular flexibility index (Phi) is 5.96. The standard InChI is InChI=1S/C12H20FN3/c1-2-16(9-6-14)8-3-4-11-5-7-15-12(13)10-11/h5,7,10H,2-4,6,8-9,14H2,1H3. The summed E-state index contributed by atoms with van der Waals surface area (Å²) in [5.74, 6) is -0.396. The number of nitrogens with two attached hydrogens (primary N) is 1. The van der Waals surface area contributed by atoms with Gasteiger partial charge in [-0.15, -0.1) is 0 Å². The Morgan fingerprint density at radius 2 is 2.25 bits per heavy atom. The van der Waals surface area contributed by atoms with Crippen molar-refractivity contribution in [2.75, 3.05) is 26.2 Å². The molecule has 0 saturated heterocycles. The lowest BCUT2D eigenvalue weighted by molar-refractivity contribution is 0.292. The number of pyridine rings is 1. The second-order valence-corrected chi connectivity index (χ2v) is 3.81. The van der Waals surface area contributed by atoms with Crippen molar-refractivity contribution >= 4 is 0 Å². The maximum Gasteiger partial charge on any atom is 0.213 e. The van der Waals surface area contributed by atoms with E-state index < -0.39 is 5.95 Å². The van der Waals surface area contributed by atoms with Crippen molar-refractivity contribution in [3.05, 3.63) is 29.8 Å². The molecular weight excluding hydrogens is 205 g/mol. The quantitative estimate of drug-likeness (QED) is 0.714. The van der Waals surface area contributed by atoms with Crippen LogP contribution >= 0.6 is 0 Å². The van der Waals surface area contributed by atoms with Gasteiger partial charge in [-0.1, -0.05) is 6.92 Å². The highest BCUT2D eigenvalue weighted by molar-refractivity contribution is 5.10. The predicted octanol–water partition coefficient (Wildman–Crippen LogP) is 1.43. The van der Waals surface area contributed by atoms with Crippen molar-refractivity contribution in [2.24, 2.45) is 5.73 Å². The molecule has 0 atom stereocenters. The van der Waals surface area contributed by atoms with Crippen molar-refractivity contribution in [3.8, 4) is 0 Å². The maximum atomic E-state index is 12.8. The Morgan fingerprint density at radius 1 is 1.44 bits per heavy atom. The highest BCUT2D eigenvalue weighted by atomic mass is 19.1. The summed E-state index contributed by atoms with van der Waals surface area (Å²) >= 11 is 0. The first-order valence-electron chi connectivity index (χ1n) is 5.79. The lowest BCUT2D eigenvalue weighted by atomic mass is 10.1. The molecule has 1 rings (SSSR count). The second kappa shape index (κ2) is 7.30. The van der Waals surface area contributed by atoms with E-state index in [1.54, 1.807) is 0 Å². The zero-order valence-corrected chi connectivity index (χ0v) is 9.82. The molecule has 3 nitrogen and oxygen atoms in total. The van der Waals surface area contributed by atoms with Crippen molar-refractivity contribution in [1.29, 1.82) is 0 Å². The molecule has 0 aliphatic carbocycles. The number of hydrogen-bond donors (Lipinski definition) is 1. The zero-order chi connectivity index (χ0) is 11.8. The van der Waals surface area contributed by atoms with Crippen molar-refractivity contribution < 1.29 is 4.39 Å². The third-order valence-electron chi connectivity index (χ3n) is 2.62. The monoisotopic (exact) mass is 225 g/mol. The van der Waals surface area contributed by atoms with Gasteiger partial charge in [-0.3, -0.25) is 0 Å². The summed E-state index contributed by atoms with van der Waals surface area (Å²) in [7, 11) is 0. The number of rotatable bonds is 7. The first kappa shape index (κ1) is 13.1. The van der Waals surface area contributed by atoms with E-state index >= 15 is 0 Å². The second-order valence-electron chi connectivity index (χ2n) is 3.81. The molecule has 0 aromatic carbocycles. The number of aryl methyl sites for hydroxylation is 1. The Balaban J connectivity index is 2.29. The number of aromatic nitrogens is 1. The lowest BCUT2D eigenvalue weighted by Crippen LogP contribution is -2.30. The number of nitrogens with zero attached hydrogens (tertiary/aromatic N) is 2. The Labute approximate surface area is 96.5 Å². The van der Waals surface area contributed by atoms with Gasteiger partial charge < -0.3 is 10.6 Å². The molecule has 0 aliphatic rings. The Morgan fingerprint density at radius 3 is 2.88 bits per heavy atom. The van der Waals surface area contributed by atoms with Gasteiger partial charge in [-0.2, -0.15) is 4.39 Å². The molecule has 0 fully saturated rings. The van der Waals surface area contributed by atoms with Gasteiger partial charge in [0.15, 0.2) is 0 Å². The van der Waals surface area contributed by atoms with E-state index in [1.807, 2.05) is 6.07 Å². The van der Waals surface area contributed by atoms with Crippen LogP contribution in [0.3, 0.4) is 0 Å². The van der Waals surface area contributed by atoms with E-state index in [0.29, 0.717) is 6.54 Å². The molecule has 2 N–H and O–H groups in total. The minimum Gasteiger partial charge on any atom is -0.329 e. The van der Waals surface area contributed by atoms with Crippen LogP contribution in [0.1, 0.15) is 18.9 Å². The molecule has 0 saturated carbocycles. The van der Waals surface area contributed by atoms with Crippen LogP contribution < -0.4 is 5.73 Å². The van der Waals surface area contributed by atoms with E-state index in [9.17, 15) is 4.39 Å². The van der Waals surface area contributed by atoms with Gasteiger partial charge in [-0.25, -0.2) is 4.98 Å². The first-order valence-corrected chi connectivity index (χ1v) is 5.79. The minimum atomic E-state index is -0.396. The normalized spacial score (nSPS) is 11.0. The fraction of sp³-hybridized carbons (Fsp3) is 0.583. The van der Waals surface area contributed by atoms with Crippen LogP contribution in [0.5, 0.6) is 0 Å². The molecular formula is C12H20FN3. The van der Waals surface area contributed by atoms with E-state index in [2.05, 4.69) is 16.8 Å². The topological polar surface area (TPSA) is 42.1 Å². The molecule has 4 heteroatoms. The van der Waals surface area contributed by atoms with Crippen molar-refractivity contribution in [2.45, 2.75) is 19.8 Å². The number of likely N-dealkylation sites (N-methyl/N-ethyl adjacent to an activating group) is 1. The largest absolute Gasteiger partial charge is 0.329 e. The molecule has 90 valence electrons. The highest BCUT2D eigenvalue weighted by Gasteiger charge is 2.01. The van der Waals surface area contributed by atoms with E-state index in [1.165, 1.54) is 12.3 Å². The van der Waals surface area contributed by atoms with Crippen LogP contribution in [0.4, 0.5) is 4.39 Å². The molecule has 0 radical (unpaired) electrons. The number of hydrogen-bond acceptors (Lipinski definition) is 3. The number of halogens is 1. The lowest BCUT2D eigenvalue weighted by Gasteiger charge is -2.18. The smallest absolute Gasteiger partial charge is 0.213 e. The van der Waals surface area contributed by atoms with Crippen LogP contribution in [-0.4, -0.2) is 36.1 Å². The van der Waals surface area contributed by atoms with Crippen LogP contribution in [-0.2, 0) is 6.42 Å². The van der Waals surface area contributed by atoms with Crippen molar-refractivity contribution in [3.63, 3.8) is 0 Å². The van der Waals surface area contributed by atoms with Crippen molar-refractivity contribution in [1.82, 2.24) is 9.88 Å². The molecule has 0 spiro atoms. The Hall–Kier alpha value is -1.00. The van der Waals surface area contributed by atoms with Gasteiger partial charge in [0.2, 0.25) is 5.95 Å². The fourth-order valence-electron chi connectivity index (χ4n) is 1.72. The third kappa shape index (κ3) is 4.68. The van der Waals surface area contributed by atoms with E-state index in [-0.39, 0.29) is 0 Å². The fourth-order valence-corrected chi connectivity index (χ4v) is 1.72. The molecule has 1 aromatic heterocycles. The van der Waals surface area contributed by atoms with Gasteiger partial charge >= 0.3 is 0 Å². The van der Waals surface area contributed by atoms with Crippen LogP contribution in [0.25, 0.3) is 0 Å². The Bertz CT molecular complexity index is 304. The summed E-state index contributed by atoms with van der Waals surface area (Å²) in [6.07, 6.45) is 3.43. The van der Waals surface area contributed by atoms with E-state index in [4.69, 9.17) is 5.73 Å². The van der Waals surface area contributed by atoms with E-state index in [0.717, 1.165) is 38.0 Å². The zero-order valence-electron chi connectivity index (χ0n) is 9.82. The maximum absolute atomic E-state index is 12.8. The predicted molar refractivity (Wildman–Crippen MR) is 63.7 cm³/mol. The van der Waals surface area contributed by atoms with Gasteiger partial charge in [0.1, 0.15) is 0 Å². The van der Waals surface area contributed by atoms with Gasteiger partial charge in [0.25, 0.3) is 0 Å². The van der Waals surface area contributed by atoms with Gasteiger partial charge in [0, 0.05) is 19.3 Å². The van der Waals surface area contributed by atoms with Crippen LogP contribution in [0.15, 0.2) is 18.3 Å². The van der Waals surface area contributed by atoms with Gasteiger partial charge in [-0.05, 0) is 43.6 Å². The average Bonchev–Trinajstić information content (AvgIpc) is 2.28. The third-order valence-corrected chi connectivity index (χ3v) is 2.62. The van der Waals surface area contributed by atoms with Gasteiger partial charge in [0.05, 0.1) is 0 Å². The highest BCUT2D eigenvalue weighted by Crippen LogP contribution is 2.04. The molecule has 0 aliphatic heterocycles. The molecule has 0 amide bonds. The molecule has 1 heterocycles. The molecule has 0 unspecified atom stereocenters. The minimum absolute atomic E-state index is 0.396. The summed E-state index contributed by atoms with van der Waals surface area (Å²) in [6, 6.07) is 3.36. The molecule has 1 aromatic rings. The van der Waals surface area contributed by atoms with Crippen LogP contribution in [0.2, 0.25) is 0 Å². The SMILES string of the molecule is CCN(CCN)CCCc1ccnc(F)c1. The molecule has 16 heavy (non-hydrogen) atoms. The summed E-state index contributed by atoms with van der Waals surface area (Å²) in [4.78, 5) is 5.84.